The Morgan fingerprint density at radius 3 is 2.69 bits per heavy atom. The Hall–Kier alpha value is -2.48. The highest BCUT2D eigenvalue weighted by Crippen LogP contribution is 2.30. The standard InChI is InChI=1S/C18H24N4O4/c1-11(2)16-20-18(26-21-16)15(12-5-8-25-9-6-12)19-17(24)13-4-7-22(3)14(23)10-13/h4,7,10-12,15H,5-6,8-9H2,1-3H3,(H,19,24)/t15-/m0/s1. The number of pyridine rings is 1. The number of carbonyl (C=O) groups is 1. The minimum atomic E-state index is -0.407. The lowest BCUT2D eigenvalue weighted by molar-refractivity contribution is 0.0467. The first-order valence-corrected chi connectivity index (χ1v) is 8.84. The summed E-state index contributed by atoms with van der Waals surface area (Å²) in [6, 6.07) is 2.53. The number of amides is 1. The second kappa shape index (κ2) is 7.82. The molecule has 1 aliphatic rings. The SMILES string of the molecule is CC(C)c1noc([C@@H](NC(=O)c2ccn(C)c(=O)c2)C2CCOCC2)n1. The number of nitrogens with zero attached hydrogens (tertiary/aromatic N) is 3. The number of nitrogens with one attached hydrogen (secondary N) is 1. The minimum absolute atomic E-state index is 0.135. The van der Waals surface area contributed by atoms with Crippen molar-refractivity contribution in [1.82, 2.24) is 20.0 Å². The molecule has 8 heteroatoms. The van der Waals surface area contributed by atoms with E-state index in [2.05, 4.69) is 15.5 Å². The Kier molecular flexibility index (Phi) is 5.51. The molecule has 2 aromatic heterocycles. The van der Waals surface area contributed by atoms with E-state index in [0.717, 1.165) is 12.8 Å². The van der Waals surface area contributed by atoms with Gasteiger partial charge in [-0.2, -0.15) is 4.98 Å². The summed E-state index contributed by atoms with van der Waals surface area (Å²) in [6.45, 7) is 5.23. The van der Waals surface area contributed by atoms with E-state index < -0.39 is 6.04 Å². The van der Waals surface area contributed by atoms with Gasteiger partial charge in [-0.3, -0.25) is 9.59 Å². The van der Waals surface area contributed by atoms with Gasteiger partial charge in [0.05, 0.1) is 0 Å². The van der Waals surface area contributed by atoms with Crippen LogP contribution in [0, 0.1) is 5.92 Å². The maximum absolute atomic E-state index is 12.7. The number of hydrogen-bond acceptors (Lipinski definition) is 6. The number of carbonyl (C=O) groups excluding carboxylic acids is 1. The molecule has 1 aliphatic heterocycles. The predicted molar refractivity (Wildman–Crippen MR) is 93.8 cm³/mol. The third-order valence-corrected chi connectivity index (χ3v) is 4.63. The normalized spacial score (nSPS) is 16.6. The predicted octanol–water partition coefficient (Wildman–Crippen LogP) is 1.79. The van der Waals surface area contributed by atoms with Crippen LogP contribution in [-0.4, -0.2) is 33.8 Å². The van der Waals surface area contributed by atoms with Crippen LogP contribution in [0.1, 0.15) is 60.7 Å². The average molecular weight is 360 g/mol. The van der Waals surface area contributed by atoms with Crippen LogP contribution in [0.5, 0.6) is 0 Å². The van der Waals surface area contributed by atoms with Gasteiger partial charge in [0.25, 0.3) is 11.5 Å². The van der Waals surface area contributed by atoms with Crippen molar-refractivity contribution in [2.75, 3.05) is 13.2 Å². The van der Waals surface area contributed by atoms with Crippen LogP contribution in [0.4, 0.5) is 0 Å². The molecule has 1 N–H and O–H groups in total. The third-order valence-electron chi connectivity index (χ3n) is 4.63. The molecular weight excluding hydrogens is 336 g/mol. The molecule has 0 saturated carbocycles. The molecule has 8 nitrogen and oxygen atoms in total. The molecule has 3 heterocycles. The van der Waals surface area contributed by atoms with Crippen molar-refractivity contribution >= 4 is 5.91 Å². The van der Waals surface area contributed by atoms with E-state index in [-0.39, 0.29) is 23.3 Å². The Morgan fingerprint density at radius 2 is 2.08 bits per heavy atom. The first kappa shape index (κ1) is 18.3. The molecule has 1 saturated heterocycles. The first-order valence-electron chi connectivity index (χ1n) is 8.84. The maximum atomic E-state index is 12.7. The van der Waals surface area contributed by atoms with Crippen molar-refractivity contribution in [3.05, 3.63) is 46.0 Å². The Bertz CT molecular complexity index is 821. The van der Waals surface area contributed by atoms with Gasteiger partial charge < -0.3 is 19.1 Å². The van der Waals surface area contributed by atoms with Crippen LogP contribution in [0.25, 0.3) is 0 Å². The highest BCUT2D eigenvalue weighted by atomic mass is 16.5. The van der Waals surface area contributed by atoms with Crippen molar-refractivity contribution in [3.8, 4) is 0 Å². The fourth-order valence-electron chi connectivity index (χ4n) is 2.95. The number of hydrogen-bond donors (Lipinski definition) is 1. The van der Waals surface area contributed by atoms with Gasteiger partial charge >= 0.3 is 0 Å². The van der Waals surface area contributed by atoms with Crippen LogP contribution in [0.15, 0.2) is 27.6 Å². The molecule has 1 amide bonds. The van der Waals surface area contributed by atoms with Crippen LogP contribution in [0.3, 0.4) is 0 Å². The number of rotatable bonds is 5. The molecule has 1 fully saturated rings. The van der Waals surface area contributed by atoms with Crippen molar-refractivity contribution in [3.63, 3.8) is 0 Å². The van der Waals surface area contributed by atoms with E-state index in [9.17, 15) is 9.59 Å². The molecular formula is C18H24N4O4. The van der Waals surface area contributed by atoms with Gasteiger partial charge in [-0.05, 0) is 24.8 Å². The highest BCUT2D eigenvalue weighted by Gasteiger charge is 2.32. The third kappa shape index (κ3) is 4.01. The lowest BCUT2D eigenvalue weighted by Crippen LogP contribution is -2.36. The van der Waals surface area contributed by atoms with Crippen molar-refractivity contribution in [2.45, 2.75) is 38.6 Å². The van der Waals surface area contributed by atoms with Crippen LogP contribution < -0.4 is 10.9 Å². The molecule has 0 bridgehead atoms. The summed E-state index contributed by atoms with van der Waals surface area (Å²) < 4.78 is 12.3. The molecule has 2 aromatic rings. The smallest absolute Gasteiger partial charge is 0.252 e. The van der Waals surface area contributed by atoms with Gasteiger partial charge in [0.1, 0.15) is 6.04 Å². The van der Waals surface area contributed by atoms with Gasteiger partial charge in [-0.25, -0.2) is 0 Å². The lowest BCUT2D eigenvalue weighted by Gasteiger charge is -2.28. The number of aryl methyl sites for hydroxylation is 1. The second-order valence-corrected chi connectivity index (χ2v) is 6.91. The molecule has 0 unspecified atom stereocenters. The molecule has 3 rings (SSSR count). The Labute approximate surface area is 151 Å². The highest BCUT2D eigenvalue weighted by molar-refractivity contribution is 5.94. The van der Waals surface area contributed by atoms with Crippen molar-refractivity contribution in [2.24, 2.45) is 13.0 Å². The monoisotopic (exact) mass is 360 g/mol. The van der Waals surface area contributed by atoms with E-state index in [1.54, 1.807) is 19.3 Å². The van der Waals surface area contributed by atoms with Crippen molar-refractivity contribution < 1.29 is 14.1 Å². The van der Waals surface area contributed by atoms with E-state index in [0.29, 0.717) is 30.5 Å². The molecule has 140 valence electrons. The van der Waals surface area contributed by atoms with E-state index >= 15 is 0 Å². The minimum Gasteiger partial charge on any atom is -0.381 e. The summed E-state index contributed by atoms with van der Waals surface area (Å²) in [4.78, 5) is 29.0. The van der Waals surface area contributed by atoms with Crippen molar-refractivity contribution in [1.29, 1.82) is 0 Å². The van der Waals surface area contributed by atoms with Gasteiger partial charge in [0.2, 0.25) is 5.89 Å². The summed E-state index contributed by atoms with van der Waals surface area (Å²) in [7, 11) is 1.64. The van der Waals surface area contributed by atoms with Crippen LogP contribution in [-0.2, 0) is 11.8 Å². The molecule has 0 aromatic carbocycles. The molecule has 0 radical (unpaired) electrons. The largest absolute Gasteiger partial charge is 0.381 e. The fraction of sp³-hybridized carbons (Fsp3) is 0.556. The van der Waals surface area contributed by atoms with E-state index in [1.807, 2.05) is 13.8 Å². The lowest BCUT2D eigenvalue weighted by atomic mass is 9.91. The van der Waals surface area contributed by atoms with Gasteiger partial charge in [-0.1, -0.05) is 19.0 Å². The average Bonchev–Trinajstić information content (AvgIpc) is 3.12. The molecule has 0 aliphatic carbocycles. The summed E-state index contributed by atoms with van der Waals surface area (Å²) >= 11 is 0. The molecule has 0 spiro atoms. The molecule has 1 atom stereocenters. The fourth-order valence-corrected chi connectivity index (χ4v) is 2.95. The Morgan fingerprint density at radius 1 is 1.35 bits per heavy atom. The van der Waals surface area contributed by atoms with E-state index in [4.69, 9.17) is 9.26 Å². The summed E-state index contributed by atoms with van der Waals surface area (Å²) in [5.74, 6) is 0.955. The summed E-state index contributed by atoms with van der Waals surface area (Å²) in [5.41, 5.74) is 0.0777. The summed E-state index contributed by atoms with van der Waals surface area (Å²) in [5, 5.41) is 6.99. The van der Waals surface area contributed by atoms with Gasteiger partial charge in [-0.15, -0.1) is 0 Å². The number of ether oxygens (including phenoxy) is 1. The second-order valence-electron chi connectivity index (χ2n) is 6.91. The van der Waals surface area contributed by atoms with Crippen LogP contribution in [0.2, 0.25) is 0 Å². The van der Waals surface area contributed by atoms with Gasteiger partial charge in [0, 0.05) is 44.0 Å². The summed E-state index contributed by atoms with van der Waals surface area (Å²) in [6.07, 6.45) is 3.16. The quantitative estimate of drug-likeness (QED) is 0.873. The van der Waals surface area contributed by atoms with Gasteiger partial charge in [0.15, 0.2) is 5.82 Å². The first-order chi connectivity index (χ1) is 12.5. The zero-order valence-corrected chi connectivity index (χ0v) is 15.3. The topological polar surface area (TPSA) is 99.2 Å². The Balaban J connectivity index is 1.85. The number of aromatic nitrogens is 3. The molecule has 26 heavy (non-hydrogen) atoms. The zero-order chi connectivity index (χ0) is 18.7. The zero-order valence-electron chi connectivity index (χ0n) is 15.3. The van der Waals surface area contributed by atoms with E-state index in [1.165, 1.54) is 10.6 Å². The van der Waals surface area contributed by atoms with Crippen LogP contribution >= 0.6 is 0 Å². The maximum Gasteiger partial charge on any atom is 0.252 e.